The molecule has 0 saturated carbocycles. The van der Waals surface area contributed by atoms with Crippen LogP contribution in [0.1, 0.15) is 37.5 Å². The van der Waals surface area contributed by atoms with Crippen LogP contribution < -0.4 is 5.32 Å². The third-order valence-electron chi connectivity index (χ3n) is 4.31. The van der Waals surface area contributed by atoms with Crippen molar-refractivity contribution in [2.24, 2.45) is 5.92 Å². The smallest absolute Gasteiger partial charge is 0.227 e. The van der Waals surface area contributed by atoms with Crippen molar-refractivity contribution in [2.45, 2.75) is 32.8 Å². The van der Waals surface area contributed by atoms with Crippen molar-refractivity contribution in [3.8, 4) is 0 Å². The summed E-state index contributed by atoms with van der Waals surface area (Å²) in [6.45, 7) is 6.15. The van der Waals surface area contributed by atoms with Crippen LogP contribution in [0.2, 0.25) is 0 Å². The Kier molecular flexibility index (Phi) is 5.28. The summed E-state index contributed by atoms with van der Waals surface area (Å²) in [5.74, 6) is 1.13. The summed E-state index contributed by atoms with van der Waals surface area (Å²) in [4.78, 5) is 12.7. The first-order valence-electron chi connectivity index (χ1n) is 8.76. The molecule has 2 N–H and O–H groups in total. The molecular weight excluding hydrogens is 324 g/mol. The Hall–Kier alpha value is -2.79. The van der Waals surface area contributed by atoms with Crippen LogP contribution in [0.25, 0.3) is 0 Å². The van der Waals surface area contributed by atoms with Crippen molar-refractivity contribution in [2.75, 3.05) is 5.32 Å². The molecule has 5 nitrogen and oxygen atoms in total. The van der Waals surface area contributed by atoms with E-state index < -0.39 is 5.60 Å². The van der Waals surface area contributed by atoms with Crippen LogP contribution in [0.4, 0.5) is 11.6 Å². The van der Waals surface area contributed by atoms with E-state index in [0.717, 1.165) is 17.7 Å². The van der Waals surface area contributed by atoms with E-state index in [4.69, 9.17) is 0 Å². The summed E-state index contributed by atoms with van der Waals surface area (Å²) < 4.78 is 0. The van der Waals surface area contributed by atoms with Crippen LogP contribution in [0.5, 0.6) is 0 Å². The van der Waals surface area contributed by atoms with Crippen LogP contribution in [0.15, 0.2) is 61.2 Å². The van der Waals surface area contributed by atoms with E-state index in [9.17, 15) is 5.11 Å². The van der Waals surface area contributed by atoms with E-state index in [-0.39, 0.29) is 0 Å². The molecule has 2 heterocycles. The molecule has 0 spiro atoms. The summed E-state index contributed by atoms with van der Waals surface area (Å²) in [7, 11) is 0. The quantitative estimate of drug-likeness (QED) is 0.703. The number of nitrogens with zero attached hydrogens (tertiary/aromatic N) is 3. The van der Waals surface area contributed by atoms with Crippen molar-refractivity contribution in [3.05, 3.63) is 77.9 Å². The fraction of sp³-hybridized carbons (Fsp3) is 0.286. The van der Waals surface area contributed by atoms with E-state index in [1.807, 2.05) is 12.1 Å². The number of benzene rings is 1. The molecule has 3 rings (SSSR count). The molecule has 5 heteroatoms. The molecule has 134 valence electrons. The summed E-state index contributed by atoms with van der Waals surface area (Å²) in [5.41, 5.74) is 2.46. The van der Waals surface area contributed by atoms with Crippen molar-refractivity contribution in [1.29, 1.82) is 0 Å². The van der Waals surface area contributed by atoms with E-state index >= 15 is 0 Å². The molecule has 1 unspecified atom stereocenters. The number of aromatic nitrogens is 3. The maximum Gasteiger partial charge on any atom is 0.227 e. The number of hydrogen-bond acceptors (Lipinski definition) is 5. The van der Waals surface area contributed by atoms with Gasteiger partial charge in [0.1, 0.15) is 5.60 Å². The highest BCUT2D eigenvalue weighted by Gasteiger charge is 2.26. The monoisotopic (exact) mass is 348 g/mol. The van der Waals surface area contributed by atoms with E-state index in [1.54, 1.807) is 43.8 Å². The lowest BCUT2D eigenvalue weighted by Gasteiger charge is -2.23. The van der Waals surface area contributed by atoms with Crippen LogP contribution in [0, 0.1) is 5.92 Å². The highest BCUT2D eigenvalue weighted by atomic mass is 16.3. The molecule has 0 aliphatic carbocycles. The zero-order valence-electron chi connectivity index (χ0n) is 15.3. The Morgan fingerprint density at radius 3 is 2.15 bits per heavy atom. The predicted molar refractivity (Wildman–Crippen MR) is 103 cm³/mol. The minimum Gasteiger partial charge on any atom is -0.381 e. The number of nitrogens with one attached hydrogen (secondary N) is 1. The summed E-state index contributed by atoms with van der Waals surface area (Å²) in [6.07, 6.45) is 7.66. The average molecular weight is 348 g/mol. The maximum absolute atomic E-state index is 10.8. The van der Waals surface area contributed by atoms with Crippen LogP contribution in [-0.2, 0) is 12.0 Å². The molecule has 3 aromatic rings. The molecule has 0 fully saturated rings. The van der Waals surface area contributed by atoms with Crippen molar-refractivity contribution < 1.29 is 5.11 Å². The van der Waals surface area contributed by atoms with Gasteiger partial charge in [-0.1, -0.05) is 26.0 Å². The largest absolute Gasteiger partial charge is 0.381 e. The summed E-state index contributed by atoms with van der Waals surface area (Å²) >= 11 is 0. The second-order valence-corrected chi connectivity index (χ2v) is 7.02. The lowest BCUT2D eigenvalue weighted by atomic mass is 9.91. The number of aliphatic hydroxyl groups is 1. The van der Waals surface area contributed by atoms with E-state index in [0.29, 0.717) is 17.4 Å². The standard InChI is InChI=1S/C21H24N4O/c1-15(2)12-16-4-6-19(7-5-16)25-20-23-13-18(14-24-20)21(3,26)17-8-10-22-11-9-17/h4-11,13-15,26H,12H2,1-3H3,(H,23,24,25). The molecule has 2 aromatic heterocycles. The molecule has 0 aliphatic heterocycles. The molecule has 1 atom stereocenters. The highest BCUT2D eigenvalue weighted by Crippen LogP contribution is 2.28. The molecule has 1 aromatic carbocycles. The number of anilines is 2. The Bertz CT molecular complexity index is 828. The van der Waals surface area contributed by atoms with Gasteiger partial charge in [-0.15, -0.1) is 0 Å². The van der Waals surface area contributed by atoms with Crippen LogP contribution in [-0.4, -0.2) is 20.1 Å². The second-order valence-electron chi connectivity index (χ2n) is 7.02. The van der Waals surface area contributed by atoms with Gasteiger partial charge in [0.25, 0.3) is 0 Å². The minimum absolute atomic E-state index is 0.496. The average Bonchev–Trinajstić information content (AvgIpc) is 2.64. The molecule has 0 aliphatic rings. The van der Waals surface area contributed by atoms with Gasteiger partial charge < -0.3 is 10.4 Å². The van der Waals surface area contributed by atoms with E-state index in [1.165, 1.54) is 5.56 Å². The van der Waals surface area contributed by atoms with Gasteiger partial charge in [-0.3, -0.25) is 4.98 Å². The number of hydrogen-bond donors (Lipinski definition) is 2. The second kappa shape index (κ2) is 7.62. The maximum atomic E-state index is 10.8. The van der Waals surface area contributed by atoms with Gasteiger partial charge in [0, 0.05) is 36.0 Å². The van der Waals surface area contributed by atoms with Crippen molar-refractivity contribution >= 4 is 11.6 Å². The lowest BCUT2D eigenvalue weighted by Crippen LogP contribution is -2.23. The Balaban J connectivity index is 1.72. The number of pyridine rings is 1. The van der Waals surface area contributed by atoms with Gasteiger partial charge in [0.2, 0.25) is 5.95 Å². The first-order chi connectivity index (χ1) is 12.4. The third kappa shape index (κ3) is 4.24. The summed E-state index contributed by atoms with van der Waals surface area (Å²) in [6, 6.07) is 11.9. The Labute approximate surface area is 154 Å². The Morgan fingerprint density at radius 1 is 0.962 bits per heavy atom. The first kappa shape index (κ1) is 18.0. The third-order valence-corrected chi connectivity index (χ3v) is 4.31. The van der Waals surface area contributed by atoms with Crippen molar-refractivity contribution in [1.82, 2.24) is 15.0 Å². The summed E-state index contributed by atoms with van der Waals surface area (Å²) in [5, 5.41) is 14.0. The minimum atomic E-state index is -1.17. The molecule has 0 bridgehead atoms. The van der Waals surface area contributed by atoms with Gasteiger partial charge in [-0.05, 0) is 54.7 Å². The molecule has 0 amide bonds. The van der Waals surface area contributed by atoms with Crippen molar-refractivity contribution in [3.63, 3.8) is 0 Å². The highest BCUT2D eigenvalue weighted by molar-refractivity contribution is 5.53. The topological polar surface area (TPSA) is 70.9 Å². The van der Waals surface area contributed by atoms with Gasteiger partial charge in [0.05, 0.1) is 0 Å². The lowest BCUT2D eigenvalue weighted by molar-refractivity contribution is 0.101. The number of rotatable bonds is 6. The molecular formula is C21H24N4O. The first-order valence-corrected chi connectivity index (χ1v) is 8.76. The SMILES string of the molecule is CC(C)Cc1ccc(Nc2ncc(C(C)(O)c3ccncc3)cn2)cc1. The fourth-order valence-electron chi connectivity index (χ4n) is 2.81. The Morgan fingerprint density at radius 2 is 1.58 bits per heavy atom. The van der Waals surface area contributed by atoms with Crippen LogP contribution >= 0.6 is 0 Å². The zero-order chi connectivity index (χ0) is 18.6. The van der Waals surface area contributed by atoms with Gasteiger partial charge in [0.15, 0.2) is 0 Å². The molecule has 0 radical (unpaired) electrons. The fourth-order valence-corrected chi connectivity index (χ4v) is 2.81. The molecule has 0 saturated heterocycles. The van der Waals surface area contributed by atoms with E-state index in [2.05, 4.69) is 46.2 Å². The van der Waals surface area contributed by atoms with Gasteiger partial charge in [-0.25, -0.2) is 9.97 Å². The van der Waals surface area contributed by atoms with Crippen LogP contribution in [0.3, 0.4) is 0 Å². The predicted octanol–water partition coefficient (Wildman–Crippen LogP) is 4.07. The molecule has 26 heavy (non-hydrogen) atoms. The zero-order valence-corrected chi connectivity index (χ0v) is 15.3. The van der Waals surface area contributed by atoms with Gasteiger partial charge >= 0.3 is 0 Å². The van der Waals surface area contributed by atoms with Gasteiger partial charge in [-0.2, -0.15) is 0 Å². The normalized spacial score (nSPS) is 13.4.